The second kappa shape index (κ2) is 5.30. The van der Waals surface area contributed by atoms with E-state index in [0.29, 0.717) is 18.8 Å². The Morgan fingerprint density at radius 1 is 1.25 bits per heavy atom. The van der Waals surface area contributed by atoms with Crippen molar-refractivity contribution < 1.29 is 18.0 Å². The van der Waals surface area contributed by atoms with E-state index in [1.54, 1.807) is 0 Å². The van der Waals surface area contributed by atoms with Gasteiger partial charge in [0.05, 0.1) is 11.0 Å². The number of hydrogen-bond donors (Lipinski definition) is 1. The molecule has 4 nitrogen and oxygen atoms in total. The Kier molecular flexibility index (Phi) is 3.41. The molecule has 7 heteroatoms. The van der Waals surface area contributed by atoms with Gasteiger partial charge in [0, 0.05) is 23.9 Å². The number of aromatic nitrogens is 2. The van der Waals surface area contributed by atoms with Gasteiger partial charge in [-0.05, 0) is 54.4 Å². The molecule has 1 N–H and O–H groups in total. The first kappa shape index (κ1) is 18.0. The van der Waals surface area contributed by atoms with Crippen molar-refractivity contribution in [1.29, 1.82) is 0 Å². The lowest BCUT2D eigenvalue weighted by molar-refractivity contribution is -0.195. The number of H-pyrrole nitrogens is 1. The topological polar surface area (TPSA) is 49.0 Å². The second-order valence-corrected chi connectivity index (χ2v) is 9.44. The van der Waals surface area contributed by atoms with Crippen LogP contribution >= 0.6 is 0 Å². The fraction of sp³-hybridized carbons (Fsp3) is 0.619. The number of hydrogen-bond acceptors (Lipinski definition) is 2. The third kappa shape index (κ3) is 2.31. The summed E-state index contributed by atoms with van der Waals surface area (Å²) in [7, 11) is 0. The number of fused-ring (bicyclic) bond motifs is 5. The highest BCUT2D eigenvalue weighted by Crippen LogP contribution is 2.57. The van der Waals surface area contributed by atoms with Gasteiger partial charge in [0.25, 0.3) is 0 Å². The molecule has 2 heterocycles. The number of piperidine rings is 1. The van der Waals surface area contributed by atoms with Gasteiger partial charge in [0.2, 0.25) is 0 Å². The maximum atomic E-state index is 13.2. The van der Waals surface area contributed by atoms with Crippen molar-refractivity contribution in [2.45, 2.75) is 70.0 Å². The highest BCUT2D eigenvalue weighted by atomic mass is 19.4. The van der Waals surface area contributed by atoms with Gasteiger partial charge < -0.3 is 9.88 Å². The number of halogens is 3. The standard InChI is InChI=1S/C21H24F3N3O/c1-19(2)16-9-12-8-14-15(26-17(25-14)11-4-5-11)10-13(12)20(19,3)6-7-27(16)18(28)21(22,23)24/h8,10-11,16H,4-7,9H2,1-3H3,(H,25,26)/t16-,20+/m1/s1. The van der Waals surface area contributed by atoms with Crippen LogP contribution in [-0.2, 0) is 16.6 Å². The van der Waals surface area contributed by atoms with Crippen LogP contribution in [0, 0.1) is 5.41 Å². The largest absolute Gasteiger partial charge is 0.471 e. The molecule has 2 fully saturated rings. The Morgan fingerprint density at radius 3 is 2.61 bits per heavy atom. The minimum atomic E-state index is -4.84. The average molecular weight is 391 g/mol. The average Bonchev–Trinajstić information content (AvgIpc) is 3.36. The number of alkyl halides is 3. The van der Waals surface area contributed by atoms with Crippen LogP contribution in [0.5, 0.6) is 0 Å². The number of imidazole rings is 1. The Bertz CT molecular complexity index is 989. The van der Waals surface area contributed by atoms with Crippen LogP contribution in [0.2, 0.25) is 0 Å². The van der Waals surface area contributed by atoms with Crippen molar-refractivity contribution in [3.63, 3.8) is 0 Å². The summed E-state index contributed by atoms with van der Waals surface area (Å²) < 4.78 is 39.6. The lowest BCUT2D eigenvalue weighted by Crippen LogP contribution is -2.66. The Balaban J connectivity index is 1.63. The lowest BCUT2D eigenvalue weighted by atomic mass is 9.51. The number of carbonyl (C=O) groups excluding carboxylic acids is 1. The molecule has 2 bridgehead atoms. The van der Waals surface area contributed by atoms with Crippen LogP contribution in [-0.4, -0.2) is 39.5 Å². The number of benzene rings is 1. The van der Waals surface area contributed by atoms with Gasteiger partial charge in [-0.2, -0.15) is 13.2 Å². The quantitative estimate of drug-likeness (QED) is 0.781. The van der Waals surface area contributed by atoms with Crippen LogP contribution in [0.15, 0.2) is 12.1 Å². The number of amides is 1. The molecule has 1 saturated heterocycles. The Labute approximate surface area is 161 Å². The minimum Gasteiger partial charge on any atom is -0.342 e. The van der Waals surface area contributed by atoms with Crippen LogP contribution in [0.3, 0.4) is 0 Å². The van der Waals surface area contributed by atoms with Crippen molar-refractivity contribution in [2.24, 2.45) is 5.41 Å². The molecule has 2 atom stereocenters. The van der Waals surface area contributed by atoms with Gasteiger partial charge in [0.1, 0.15) is 5.82 Å². The minimum absolute atomic E-state index is 0.133. The summed E-state index contributed by atoms with van der Waals surface area (Å²) in [4.78, 5) is 21.3. The molecule has 0 spiro atoms. The number of rotatable bonds is 1. The van der Waals surface area contributed by atoms with E-state index in [1.807, 2.05) is 19.9 Å². The molecule has 0 radical (unpaired) electrons. The van der Waals surface area contributed by atoms with E-state index in [2.05, 4.69) is 18.0 Å². The third-order valence-electron chi connectivity index (χ3n) is 7.68. The smallest absolute Gasteiger partial charge is 0.342 e. The normalized spacial score (nSPS) is 29.1. The number of carbonyl (C=O) groups is 1. The molecule has 1 saturated carbocycles. The molecule has 5 rings (SSSR count). The summed E-state index contributed by atoms with van der Waals surface area (Å²) >= 11 is 0. The highest BCUT2D eigenvalue weighted by Gasteiger charge is 2.59. The molecule has 2 aliphatic carbocycles. The van der Waals surface area contributed by atoms with E-state index in [0.717, 1.165) is 40.2 Å². The zero-order valence-corrected chi connectivity index (χ0v) is 16.3. The molecule has 150 valence electrons. The van der Waals surface area contributed by atoms with Gasteiger partial charge in [-0.15, -0.1) is 0 Å². The van der Waals surface area contributed by atoms with Gasteiger partial charge in [-0.1, -0.05) is 20.8 Å². The first-order chi connectivity index (χ1) is 13.0. The lowest BCUT2D eigenvalue weighted by Gasteiger charge is -2.60. The molecule has 1 aliphatic heterocycles. The van der Waals surface area contributed by atoms with Crippen molar-refractivity contribution in [2.75, 3.05) is 6.54 Å². The second-order valence-electron chi connectivity index (χ2n) is 9.44. The molecule has 2 aromatic rings. The first-order valence-electron chi connectivity index (χ1n) is 9.93. The van der Waals surface area contributed by atoms with E-state index in [4.69, 9.17) is 4.98 Å². The molecular formula is C21H24F3N3O. The fourth-order valence-electron chi connectivity index (χ4n) is 5.39. The van der Waals surface area contributed by atoms with E-state index in [-0.39, 0.29) is 12.0 Å². The molecule has 0 unspecified atom stereocenters. The summed E-state index contributed by atoms with van der Waals surface area (Å²) in [6.45, 7) is 6.27. The highest BCUT2D eigenvalue weighted by molar-refractivity contribution is 5.83. The number of nitrogens with one attached hydrogen (secondary N) is 1. The van der Waals surface area contributed by atoms with Crippen molar-refractivity contribution in [3.05, 3.63) is 29.1 Å². The SMILES string of the molecule is CC1(C)[C@H]2Cc3cc4[nH]c(C5CC5)nc4cc3[C@]1(C)CCN2C(=O)C(F)(F)F. The summed E-state index contributed by atoms with van der Waals surface area (Å²) in [6, 6.07) is 3.70. The van der Waals surface area contributed by atoms with Crippen LogP contribution < -0.4 is 0 Å². The van der Waals surface area contributed by atoms with E-state index in [1.165, 1.54) is 5.56 Å². The predicted molar refractivity (Wildman–Crippen MR) is 99.1 cm³/mol. The molecule has 1 amide bonds. The number of aromatic amines is 1. The predicted octanol–water partition coefficient (Wildman–Crippen LogP) is 4.44. The maximum Gasteiger partial charge on any atom is 0.471 e. The number of nitrogens with zero attached hydrogens (tertiary/aromatic N) is 2. The zero-order valence-electron chi connectivity index (χ0n) is 16.3. The monoisotopic (exact) mass is 391 g/mol. The van der Waals surface area contributed by atoms with Gasteiger partial charge in [0.15, 0.2) is 0 Å². The van der Waals surface area contributed by atoms with E-state index >= 15 is 0 Å². The van der Waals surface area contributed by atoms with Crippen molar-refractivity contribution >= 4 is 16.9 Å². The molecule has 28 heavy (non-hydrogen) atoms. The summed E-state index contributed by atoms with van der Waals surface area (Å²) in [6.07, 6.45) is -1.58. The first-order valence-corrected chi connectivity index (χ1v) is 9.93. The van der Waals surface area contributed by atoms with Crippen LogP contribution in [0.4, 0.5) is 13.2 Å². The fourth-order valence-corrected chi connectivity index (χ4v) is 5.39. The van der Waals surface area contributed by atoms with Gasteiger partial charge in [-0.25, -0.2) is 4.98 Å². The molecule has 3 aliphatic rings. The molecule has 1 aromatic carbocycles. The summed E-state index contributed by atoms with van der Waals surface area (Å²) in [5, 5.41) is 0. The van der Waals surface area contributed by atoms with E-state index in [9.17, 15) is 18.0 Å². The van der Waals surface area contributed by atoms with Gasteiger partial charge >= 0.3 is 12.1 Å². The van der Waals surface area contributed by atoms with Crippen molar-refractivity contribution in [1.82, 2.24) is 14.9 Å². The number of likely N-dealkylation sites (tertiary alicyclic amines) is 1. The Hall–Kier alpha value is -2.05. The van der Waals surface area contributed by atoms with Crippen LogP contribution in [0.25, 0.3) is 11.0 Å². The Morgan fingerprint density at radius 2 is 1.96 bits per heavy atom. The third-order valence-corrected chi connectivity index (χ3v) is 7.68. The van der Waals surface area contributed by atoms with Crippen LogP contribution in [0.1, 0.15) is 62.9 Å². The molecular weight excluding hydrogens is 367 g/mol. The summed E-state index contributed by atoms with van der Waals surface area (Å²) in [5.74, 6) is -0.191. The van der Waals surface area contributed by atoms with Gasteiger partial charge in [-0.3, -0.25) is 4.79 Å². The van der Waals surface area contributed by atoms with Crippen molar-refractivity contribution in [3.8, 4) is 0 Å². The van der Waals surface area contributed by atoms with E-state index < -0.39 is 23.5 Å². The maximum absolute atomic E-state index is 13.2. The summed E-state index contributed by atoms with van der Waals surface area (Å²) in [5.41, 5.74) is 3.31. The molecule has 1 aromatic heterocycles. The zero-order chi connectivity index (χ0) is 20.1.